The maximum absolute atomic E-state index is 11.9. The highest BCUT2D eigenvalue weighted by Gasteiger charge is 2.23. The molecule has 0 aliphatic carbocycles. The van der Waals surface area contributed by atoms with E-state index in [-0.39, 0.29) is 24.5 Å². The van der Waals surface area contributed by atoms with E-state index in [0.29, 0.717) is 17.0 Å². The highest BCUT2D eigenvalue weighted by molar-refractivity contribution is 6.01. The Labute approximate surface area is 106 Å². The van der Waals surface area contributed by atoms with Crippen LogP contribution in [0, 0.1) is 0 Å². The molecule has 96 valence electrons. The second-order valence-electron chi connectivity index (χ2n) is 4.55. The summed E-state index contributed by atoms with van der Waals surface area (Å²) in [6, 6.07) is 5.15. The highest BCUT2D eigenvalue weighted by atomic mass is 16.5. The van der Waals surface area contributed by atoms with E-state index in [1.54, 1.807) is 25.2 Å². The average molecular weight is 248 g/mol. The van der Waals surface area contributed by atoms with Crippen molar-refractivity contribution in [2.75, 3.05) is 18.6 Å². The lowest BCUT2D eigenvalue weighted by Crippen LogP contribution is -2.36. The van der Waals surface area contributed by atoms with E-state index in [9.17, 15) is 9.59 Å². The summed E-state index contributed by atoms with van der Waals surface area (Å²) in [5, 5.41) is 2.81. The fourth-order valence-corrected chi connectivity index (χ4v) is 1.76. The Hall–Kier alpha value is -2.04. The van der Waals surface area contributed by atoms with Gasteiger partial charge in [-0.1, -0.05) is 0 Å². The molecule has 0 unspecified atom stereocenters. The minimum Gasteiger partial charge on any atom is -0.482 e. The van der Waals surface area contributed by atoms with E-state index < -0.39 is 0 Å². The van der Waals surface area contributed by atoms with Crippen molar-refractivity contribution in [2.45, 2.75) is 19.9 Å². The van der Waals surface area contributed by atoms with Crippen LogP contribution in [0.15, 0.2) is 18.2 Å². The number of carbonyl (C=O) groups excluding carboxylic acids is 2. The number of carbonyl (C=O) groups is 2. The van der Waals surface area contributed by atoms with Crippen LogP contribution in [0.3, 0.4) is 0 Å². The molecule has 0 aromatic heterocycles. The molecule has 2 amide bonds. The van der Waals surface area contributed by atoms with E-state index in [0.717, 1.165) is 0 Å². The molecule has 2 rings (SSSR count). The Morgan fingerprint density at radius 3 is 2.83 bits per heavy atom. The summed E-state index contributed by atoms with van der Waals surface area (Å²) in [4.78, 5) is 24.9. The predicted molar refractivity (Wildman–Crippen MR) is 67.9 cm³/mol. The monoisotopic (exact) mass is 248 g/mol. The Balaban J connectivity index is 2.31. The first-order chi connectivity index (χ1) is 8.49. The van der Waals surface area contributed by atoms with Crippen LogP contribution in [0.5, 0.6) is 5.75 Å². The number of anilines is 1. The summed E-state index contributed by atoms with van der Waals surface area (Å²) in [7, 11) is 1.67. The fraction of sp³-hybridized carbons (Fsp3) is 0.385. The topological polar surface area (TPSA) is 58.6 Å². The largest absolute Gasteiger partial charge is 0.482 e. The summed E-state index contributed by atoms with van der Waals surface area (Å²) < 4.78 is 5.30. The Bertz CT molecular complexity index is 497. The van der Waals surface area contributed by atoms with Crippen molar-refractivity contribution >= 4 is 17.5 Å². The molecular formula is C13H16N2O3. The lowest BCUT2D eigenvalue weighted by molar-refractivity contribution is -0.120. The molecule has 5 nitrogen and oxygen atoms in total. The van der Waals surface area contributed by atoms with E-state index in [2.05, 4.69) is 5.32 Å². The van der Waals surface area contributed by atoms with Gasteiger partial charge in [0.2, 0.25) is 0 Å². The first-order valence-corrected chi connectivity index (χ1v) is 5.83. The molecular weight excluding hydrogens is 232 g/mol. The van der Waals surface area contributed by atoms with Gasteiger partial charge in [0.05, 0.1) is 5.69 Å². The molecule has 18 heavy (non-hydrogen) atoms. The van der Waals surface area contributed by atoms with Crippen LogP contribution in [0.25, 0.3) is 0 Å². The van der Waals surface area contributed by atoms with Crippen molar-refractivity contribution in [2.24, 2.45) is 0 Å². The Kier molecular flexibility index (Phi) is 3.23. The van der Waals surface area contributed by atoms with E-state index in [1.807, 2.05) is 13.8 Å². The van der Waals surface area contributed by atoms with Gasteiger partial charge in [0.25, 0.3) is 11.8 Å². The van der Waals surface area contributed by atoms with Crippen LogP contribution < -0.4 is 15.0 Å². The van der Waals surface area contributed by atoms with Crippen LogP contribution in [0.1, 0.15) is 24.2 Å². The van der Waals surface area contributed by atoms with Crippen LogP contribution in [-0.2, 0) is 4.79 Å². The van der Waals surface area contributed by atoms with Gasteiger partial charge in [-0.2, -0.15) is 0 Å². The SMILES string of the molecule is CC(C)NC(=O)c1ccc2c(c1)N(C)C(=O)CO2. The second kappa shape index (κ2) is 4.68. The third kappa shape index (κ3) is 2.30. The molecule has 0 bridgehead atoms. The third-order valence-corrected chi connectivity index (χ3v) is 2.73. The maximum Gasteiger partial charge on any atom is 0.264 e. The zero-order chi connectivity index (χ0) is 13.3. The lowest BCUT2D eigenvalue weighted by atomic mass is 10.1. The lowest BCUT2D eigenvalue weighted by Gasteiger charge is -2.26. The van der Waals surface area contributed by atoms with Crippen molar-refractivity contribution in [3.05, 3.63) is 23.8 Å². The van der Waals surface area contributed by atoms with Gasteiger partial charge in [-0.05, 0) is 32.0 Å². The molecule has 1 aromatic carbocycles. The number of amides is 2. The van der Waals surface area contributed by atoms with E-state index >= 15 is 0 Å². The molecule has 1 aliphatic rings. The molecule has 5 heteroatoms. The number of hydrogen-bond donors (Lipinski definition) is 1. The normalized spacial score (nSPS) is 14.2. The van der Waals surface area contributed by atoms with Crippen molar-refractivity contribution in [3.63, 3.8) is 0 Å². The van der Waals surface area contributed by atoms with E-state index in [4.69, 9.17) is 4.74 Å². The zero-order valence-corrected chi connectivity index (χ0v) is 10.7. The number of hydrogen-bond acceptors (Lipinski definition) is 3. The van der Waals surface area contributed by atoms with Crippen LogP contribution in [-0.4, -0.2) is 31.5 Å². The van der Waals surface area contributed by atoms with Crippen molar-refractivity contribution in [3.8, 4) is 5.75 Å². The first-order valence-electron chi connectivity index (χ1n) is 5.83. The molecule has 0 saturated heterocycles. The van der Waals surface area contributed by atoms with Gasteiger partial charge in [0.15, 0.2) is 6.61 Å². The van der Waals surface area contributed by atoms with Crippen molar-refractivity contribution < 1.29 is 14.3 Å². The second-order valence-corrected chi connectivity index (χ2v) is 4.55. The zero-order valence-electron chi connectivity index (χ0n) is 10.7. The smallest absolute Gasteiger partial charge is 0.264 e. The quantitative estimate of drug-likeness (QED) is 0.855. The summed E-state index contributed by atoms with van der Waals surface area (Å²) in [6.45, 7) is 3.84. The van der Waals surface area contributed by atoms with Gasteiger partial charge >= 0.3 is 0 Å². The van der Waals surface area contributed by atoms with E-state index in [1.165, 1.54) is 4.90 Å². The summed E-state index contributed by atoms with van der Waals surface area (Å²) in [6.07, 6.45) is 0. The maximum atomic E-state index is 11.9. The standard InChI is InChI=1S/C13H16N2O3/c1-8(2)14-13(17)9-4-5-11-10(6-9)15(3)12(16)7-18-11/h4-6,8H,7H2,1-3H3,(H,14,17). The molecule has 0 fully saturated rings. The molecule has 0 radical (unpaired) electrons. The Morgan fingerprint density at radius 1 is 1.44 bits per heavy atom. The van der Waals surface area contributed by atoms with Gasteiger partial charge < -0.3 is 15.0 Å². The summed E-state index contributed by atoms with van der Waals surface area (Å²) >= 11 is 0. The summed E-state index contributed by atoms with van der Waals surface area (Å²) in [5.74, 6) is 0.348. The molecule has 0 atom stereocenters. The van der Waals surface area contributed by atoms with Crippen molar-refractivity contribution in [1.29, 1.82) is 0 Å². The molecule has 0 spiro atoms. The number of fused-ring (bicyclic) bond motifs is 1. The van der Waals surface area contributed by atoms with Gasteiger partial charge in [-0.15, -0.1) is 0 Å². The Morgan fingerprint density at radius 2 is 2.17 bits per heavy atom. The van der Waals surface area contributed by atoms with Crippen LogP contribution in [0.2, 0.25) is 0 Å². The number of likely N-dealkylation sites (N-methyl/N-ethyl adjacent to an activating group) is 1. The van der Waals surface area contributed by atoms with Gasteiger partial charge in [0, 0.05) is 18.7 Å². The molecule has 0 saturated carbocycles. The number of nitrogens with zero attached hydrogens (tertiary/aromatic N) is 1. The van der Waals surface area contributed by atoms with Crippen LogP contribution in [0.4, 0.5) is 5.69 Å². The highest BCUT2D eigenvalue weighted by Crippen LogP contribution is 2.31. The van der Waals surface area contributed by atoms with Gasteiger partial charge in [0.1, 0.15) is 5.75 Å². The van der Waals surface area contributed by atoms with Crippen LogP contribution >= 0.6 is 0 Å². The molecule has 1 aliphatic heterocycles. The average Bonchev–Trinajstić information content (AvgIpc) is 2.33. The number of nitrogens with one attached hydrogen (secondary N) is 1. The molecule has 1 aromatic rings. The van der Waals surface area contributed by atoms with Gasteiger partial charge in [-0.3, -0.25) is 9.59 Å². The van der Waals surface area contributed by atoms with Gasteiger partial charge in [-0.25, -0.2) is 0 Å². The molecule has 1 heterocycles. The minimum absolute atomic E-state index is 0.0427. The number of ether oxygens (including phenoxy) is 1. The minimum atomic E-state index is -0.153. The predicted octanol–water partition coefficient (Wildman–Crippen LogP) is 1.18. The first kappa shape index (κ1) is 12.4. The molecule has 1 N–H and O–H groups in total. The fourth-order valence-electron chi connectivity index (χ4n) is 1.76. The third-order valence-electron chi connectivity index (χ3n) is 2.73. The summed E-state index contributed by atoms with van der Waals surface area (Å²) in [5.41, 5.74) is 1.15. The number of rotatable bonds is 2. The van der Waals surface area contributed by atoms with Crippen molar-refractivity contribution in [1.82, 2.24) is 5.32 Å². The number of benzene rings is 1.